The molecule has 0 spiro atoms. The van der Waals surface area contributed by atoms with Crippen LogP contribution in [0.2, 0.25) is 0 Å². The van der Waals surface area contributed by atoms with Gasteiger partial charge in [0.05, 0.1) is 16.7 Å². The lowest BCUT2D eigenvalue weighted by Crippen LogP contribution is -2.06. The van der Waals surface area contributed by atoms with E-state index >= 15 is 0 Å². The summed E-state index contributed by atoms with van der Waals surface area (Å²) in [5.41, 5.74) is -0.790. The number of hydrogen-bond donors (Lipinski definition) is 1. The van der Waals surface area contributed by atoms with Gasteiger partial charge in [0.1, 0.15) is 0 Å². The second-order valence-electron chi connectivity index (χ2n) is 4.85. The molecule has 1 aromatic heterocycles. The summed E-state index contributed by atoms with van der Waals surface area (Å²) in [6.45, 7) is 0. The van der Waals surface area contributed by atoms with Crippen molar-refractivity contribution in [3.8, 4) is 22.8 Å². The number of benzene rings is 2. The number of nitrogens with zero attached hydrogens (tertiary/aromatic N) is 2. The normalized spacial score (nSPS) is 11.5. The number of aromatic nitrogens is 2. The van der Waals surface area contributed by atoms with Crippen molar-refractivity contribution >= 4 is 5.97 Å². The van der Waals surface area contributed by atoms with Gasteiger partial charge in [-0.25, -0.2) is 4.79 Å². The van der Waals surface area contributed by atoms with Crippen LogP contribution in [0.1, 0.15) is 15.9 Å². The maximum atomic E-state index is 13.1. The van der Waals surface area contributed by atoms with Gasteiger partial charge < -0.3 is 9.63 Å². The standard InChI is InChI=1S/C16H9F3N2O3/c17-16(18,19)12-7-2-1-6-11(12)14-20-13(21-24-14)9-4-3-5-10(8-9)15(22)23/h1-8H,(H,22,23). The number of carboxylic acid groups (broad SMARTS) is 1. The Bertz CT molecular complexity index is 903. The zero-order chi connectivity index (χ0) is 17.3. The summed E-state index contributed by atoms with van der Waals surface area (Å²) in [7, 11) is 0. The summed E-state index contributed by atoms with van der Waals surface area (Å²) >= 11 is 0. The molecule has 0 aliphatic rings. The summed E-state index contributed by atoms with van der Waals surface area (Å²) in [5, 5.41) is 12.6. The molecule has 1 heterocycles. The minimum Gasteiger partial charge on any atom is -0.478 e. The molecule has 122 valence electrons. The molecule has 0 saturated heterocycles. The third-order valence-electron chi connectivity index (χ3n) is 3.26. The number of carboxylic acids is 1. The third kappa shape index (κ3) is 2.98. The highest BCUT2D eigenvalue weighted by molar-refractivity contribution is 5.89. The first-order valence-electron chi connectivity index (χ1n) is 6.70. The summed E-state index contributed by atoms with van der Waals surface area (Å²) in [4.78, 5) is 14.9. The van der Waals surface area contributed by atoms with E-state index in [1.54, 1.807) is 0 Å². The van der Waals surface area contributed by atoms with Crippen molar-refractivity contribution in [1.82, 2.24) is 10.1 Å². The van der Waals surface area contributed by atoms with E-state index in [0.29, 0.717) is 5.56 Å². The van der Waals surface area contributed by atoms with Gasteiger partial charge in [0.2, 0.25) is 5.82 Å². The Balaban J connectivity index is 2.04. The molecule has 1 N–H and O–H groups in total. The number of halogens is 3. The van der Waals surface area contributed by atoms with Crippen LogP contribution in [0.5, 0.6) is 0 Å². The summed E-state index contributed by atoms with van der Waals surface area (Å²) in [6, 6.07) is 10.6. The smallest absolute Gasteiger partial charge is 0.417 e. The molecule has 0 radical (unpaired) electrons. The summed E-state index contributed by atoms with van der Waals surface area (Å²) < 4.78 is 44.1. The van der Waals surface area contributed by atoms with Gasteiger partial charge in [-0.05, 0) is 24.3 Å². The van der Waals surface area contributed by atoms with Crippen LogP contribution in [0.3, 0.4) is 0 Å². The molecule has 5 nitrogen and oxygen atoms in total. The van der Waals surface area contributed by atoms with Crippen LogP contribution in [0.15, 0.2) is 53.1 Å². The van der Waals surface area contributed by atoms with E-state index in [2.05, 4.69) is 10.1 Å². The van der Waals surface area contributed by atoms with E-state index in [0.717, 1.165) is 6.07 Å². The van der Waals surface area contributed by atoms with Crippen molar-refractivity contribution in [2.75, 3.05) is 0 Å². The Morgan fingerprint density at radius 1 is 1.08 bits per heavy atom. The number of alkyl halides is 3. The molecule has 0 atom stereocenters. The highest BCUT2D eigenvalue weighted by Gasteiger charge is 2.34. The third-order valence-corrected chi connectivity index (χ3v) is 3.26. The highest BCUT2D eigenvalue weighted by atomic mass is 19.4. The fourth-order valence-corrected chi connectivity index (χ4v) is 2.16. The van der Waals surface area contributed by atoms with Crippen molar-refractivity contribution in [2.45, 2.75) is 6.18 Å². The molecule has 0 bridgehead atoms. The lowest BCUT2D eigenvalue weighted by Gasteiger charge is -2.09. The van der Waals surface area contributed by atoms with Crippen LogP contribution >= 0.6 is 0 Å². The SMILES string of the molecule is O=C(O)c1cccc(-c2noc(-c3ccccc3C(F)(F)F)n2)c1. The first-order chi connectivity index (χ1) is 11.4. The van der Waals surface area contributed by atoms with Crippen LogP contribution in [-0.2, 0) is 6.18 Å². The molecule has 0 aliphatic heterocycles. The Morgan fingerprint density at radius 2 is 1.83 bits per heavy atom. The molecule has 3 rings (SSSR count). The number of aromatic carboxylic acids is 1. The minimum atomic E-state index is -4.56. The van der Waals surface area contributed by atoms with Crippen molar-refractivity contribution in [3.05, 3.63) is 59.7 Å². The van der Waals surface area contributed by atoms with Crippen molar-refractivity contribution in [3.63, 3.8) is 0 Å². The predicted octanol–water partition coefficient (Wildman–Crippen LogP) is 4.12. The molecule has 0 saturated carbocycles. The van der Waals surface area contributed by atoms with Gasteiger partial charge in [0.25, 0.3) is 5.89 Å². The zero-order valence-electron chi connectivity index (χ0n) is 11.9. The fraction of sp³-hybridized carbons (Fsp3) is 0.0625. The topological polar surface area (TPSA) is 76.2 Å². The largest absolute Gasteiger partial charge is 0.478 e. The van der Waals surface area contributed by atoms with E-state index in [1.807, 2.05) is 0 Å². The molecule has 24 heavy (non-hydrogen) atoms. The maximum absolute atomic E-state index is 13.1. The maximum Gasteiger partial charge on any atom is 0.417 e. The monoisotopic (exact) mass is 334 g/mol. The van der Waals surface area contributed by atoms with Crippen molar-refractivity contribution in [1.29, 1.82) is 0 Å². The van der Waals surface area contributed by atoms with E-state index in [-0.39, 0.29) is 22.8 Å². The lowest BCUT2D eigenvalue weighted by atomic mass is 10.1. The molecule has 2 aromatic carbocycles. The summed E-state index contributed by atoms with van der Waals surface area (Å²) in [5.74, 6) is -1.42. The average molecular weight is 334 g/mol. The van der Waals surface area contributed by atoms with E-state index in [9.17, 15) is 18.0 Å². The Hall–Kier alpha value is -3.16. The van der Waals surface area contributed by atoms with E-state index < -0.39 is 17.7 Å². The molecule has 0 amide bonds. The van der Waals surface area contributed by atoms with Gasteiger partial charge in [-0.15, -0.1) is 0 Å². The first-order valence-corrected chi connectivity index (χ1v) is 6.70. The van der Waals surface area contributed by atoms with Crippen LogP contribution in [0, 0.1) is 0 Å². The van der Waals surface area contributed by atoms with Gasteiger partial charge in [0.15, 0.2) is 0 Å². The summed E-state index contributed by atoms with van der Waals surface area (Å²) in [6.07, 6.45) is -4.56. The quantitative estimate of drug-likeness (QED) is 0.780. The molecule has 8 heteroatoms. The van der Waals surface area contributed by atoms with Crippen LogP contribution in [0.25, 0.3) is 22.8 Å². The molecule has 0 aliphatic carbocycles. The molecule has 0 fully saturated rings. The van der Waals surface area contributed by atoms with Gasteiger partial charge in [-0.1, -0.05) is 29.4 Å². The molecule has 3 aromatic rings. The van der Waals surface area contributed by atoms with Gasteiger partial charge in [0, 0.05) is 5.56 Å². The van der Waals surface area contributed by atoms with Crippen LogP contribution < -0.4 is 0 Å². The van der Waals surface area contributed by atoms with Crippen molar-refractivity contribution in [2.24, 2.45) is 0 Å². The number of carbonyl (C=O) groups is 1. The first kappa shape index (κ1) is 15.7. The second-order valence-corrected chi connectivity index (χ2v) is 4.85. The molecule has 0 unspecified atom stereocenters. The Labute approximate surface area is 133 Å². The van der Waals surface area contributed by atoms with Gasteiger partial charge >= 0.3 is 12.1 Å². The average Bonchev–Trinajstić information content (AvgIpc) is 3.04. The van der Waals surface area contributed by atoms with E-state index in [1.165, 1.54) is 42.5 Å². The van der Waals surface area contributed by atoms with E-state index in [4.69, 9.17) is 9.63 Å². The van der Waals surface area contributed by atoms with Gasteiger partial charge in [-0.3, -0.25) is 0 Å². The lowest BCUT2D eigenvalue weighted by molar-refractivity contribution is -0.137. The van der Waals surface area contributed by atoms with Crippen LogP contribution in [0.4, 0.5) is 13.2 Å². The number of rotatable bonds is 3. The Kier molecular flexibility index (Phi) is 3.80. The predicted molar refractivity (Wildman–Crippen MR) is 77.1 cm³/mol. The van der Waals surface area contributed by atoms with Crippen LogP contribution in [-0.4, -0.2) is 21.2 Å². The van der Waals surface area contributed by atoms with Crippen molar-refractivity contribution < 1.29 is 27.6 Å². The molecular weight excluding hydrogens is 325 g/mol. The molecular formula is C16H9F3N2O3. The zero-order valence-corrected chi connectivity index (χ0v) is 11.9. The number of hydrogen-bond acceptors (Lipinski definition) is 4. The minimum absolute atomic E-state index is 0.00470. The van der Waals surface area contributed by atoms with Gasteiger partial charge in [-0.2, -0.15) is 18.2 Å². The highest BCUT2D eigenvalue weighted by Crippen LogP contribution is 2.36. The second kappa shape index (κ2) is 5.80. The Morgan fingerprint density at radius 3 is 2.54 bits per heavy atom. The fourth-order valence-electron chi connectivity index (χ4n) is 2.16.